The predicted molar refractivity (Wildman–Crippen MR) is 81.5 cm³/mol. The second-order valence-corrected chi connectivity index (χ2v) is 5.40. The molecule has 2 rings (SSSR count). The molecule has 6 heteroatoms. The fourth-order valence-corrected chi connectivity index (χ4v) is 2.13. The minimum Gasteiger partial charge on any atom is -0.394 e. The number of nitrogens with one attached hydrogen (secondary N) is 1. The highest BCUT2D eigenvalue weighted by atomic mass is 35.5. The lowest BCUT2D eigenvalue weighted by Gasteiger charge is -2.14. The Labute approximate surface area is 122 Å². The van der Waals surface area contributed by atoms with Gasteiger partial charge in [0.25, 0.3) is 0 Å². The van der Waals surface area contributed by atoms with Crippen molar-refractivity contribution in [3.8, 4) is 0 Å². The number of aryl methyl sites for hydroxylation is 1. The maximum atomic E-state index is 6.17. The number of aromatic nitrogens is 2. The molecule has 0 spiro atoms. The molecule has 0 atom stereocenters. The van der Waals surface area contributed by atoms with E-state index in [1.807, 2.05) is 37.6 Å². The molecule has 0 bridgehead atoms. The number of anilines is 3. The van der Waals surface area contributed by atoms with Gasteiger partial charge in [0.1, 0.15) is 0 Å². The topological polar surface area (TPSA) is 55.9 Å². The lowest BCUT2D eigenvalue weighted by atomic mass is 10.3. The van der Waals surface area contributed by atoms with Gasteiger partial charge in [0.15, 0.2) is 5.82 Å². The average molecular weight is 299 g/mol. The number of nitrogens with zero attached hydrogens (tertiary/aromatic N) is 2. The molecule has 0 unspecified atom stereocenters. The smallest absolute Gasteiger partial charge is 0.152 e. The van der Waals surface area contributed by atoms with Gasteiger partial charge < -0.3 is 11.1 Å². The third-order valence-electron chi connectivity index (χ3n) is 2.83. The first kappa shape index (κ1) is 14.0. The molecule has 1 aromatic heterocycles. The van der Waals surface area contributed by atoms with E-state index in [0.29, 0.717) is 21.4 Å². The van der Waals surface area contributed by atoms with Crippen molar-refractivity contribution < 1.29 is 0 Å². The molecule has 0 saturated carbocycles. The first-order valence-electron chi connectivity index (χ1n) is 5.97. The Balaban J connectivity index is 2.46. The summed E-state index contributed by atoms with van der Waals surface area (Å²) >= 11 is 12.2. The van der Waals surface area contributed by atoms with Crippen LogP contribution in [-0.4, -0.2) is 9.78 Å². The Bertz CT molecular complexity index is 605. The molecule has 0 aliphatic carbocycles. The first-order chi connectivity index (χ1) is 8.91. The van der Waals surface area contributed by atoms with E-state index in [9.17, 15) is 0 Å². The molecule has 4 nitrogen and oxygen atoms in total. The zero-order valence-corrected chi connectivity index (χ0v) is 12.5. The van der Waals surface area contributed by atoms with Crippen molar-refractivity contribution >= 4 is 40.4 Å². The third kappa shape index (κ3) is 2.65. The van der Waals surface area contributed by atoms with Crippen molar-refractivity contribution in [2.75, 3.05) is 11.1 Å². The zero-order chi connectivity index (χ0) is 14.2. The van der Waals surface area contributed by atoms with Crippen LogP contribution in [0.3, 0.4) is 0 Å². The van der Waals surface area contributed by atoms with E-state index in [-0.39, 0.29) is 6.04 Å². The maximum Gasteiger partial charge on any atom is 0.152 e. The summed E-state index contributed by atoms with van der Waals surface area (Å²) in [6, 6.07) is 5.61. The molecule has 0 aliphatic heterocycles. The molecule has 0 aliphatic rings. The van der Waals surface area contributed by atoms with E-state index in [4.69, 9.17) is 28.9 Å². The van der Waals surface area contributed by atoms with Gasteiger partial charge in [-0.2, -0.15) is 5.10 Å². The summed E-state index contributed by atoms with van der Waals surface area (Å²) in [6.07, 6.45) is 0. The highest BCUT2D eigenvalue weighted by Crippen LogP contribution is 2.34. The molecular formula is C13H16Cl2N4. The summed E-state index contributed by atoms with van der Waals surface area (Å²) < 4.78 is 1.84. The van der Waals surface area contributed by atoms with Gasteiger partial charge in [0, 0.05) is 6.04 Å². The van der Waals surface area contributed by atoms with Gasteiger partial charge >= 0.3 is 0 Å². The van der Waals surface area contributed by atoms with Crippen LogP contribution < -0.4 is 11.1 Å². The monoisotopic (exact) mass is 298 g/mol. The Morgan fingerprint density at radius 2 is 2.00 bits per heavy atom. The van der Waals surface area contributed by atoms with Crippen LogP contribution in [0.25, 0.3) is 0 Å². The van der Waals surface area contributed by atoms with Crippen LogP contribution in [0.15, 0.2) is 18.2 Å². The molecular weight excluding hydrogens is 283 g/mol. The predicted octanol–water partition coefficient (Wildman–Crippen LogP) is 4.41. The molecule has 0 amide bonds. The number of hydrogen-bond acceptors (Lipinski definition) is 3. The SMILES string of the molecule is Cc1nn(C(C)C)c(Nc2cccc(Cl)c2Cl)c1N. The summed E-state index contributed by atoms with van der Waals surface area (Å²) in [5.41, 5.74) is 8.17. The minimum absolute atomic E-state index is 0.191. The van der Waals surface area contributed by atoms with Crippen molar-refractivity contribution in [3.63, 3.8) is 0 Å². The van der Waals surface area contributed by atoms with Crippen LogP contribution in [0.4, 0.5) is 17.2 Å². The lowest BCUT2D eigenvalue weighted by molar-refractivity contribution is 0.536. The van der Waals surface area contributed by atoms with Crippen LogP contribution in [0.5, 0.6) is 0 Å². The summed E-state index contributed by atoms with van der Waals surface area (Å²) in [5.74, 6) is 0.733. The van der Waals surface area contributed by atoms with Crippen molar-refractivity contribution in [3.05, 3.63) is 33.9 Å². The molecule has 0 radical (unpaired) electrons. The largest absolute Gasteiger partial charge is 0.394 e. The fraction of sp³-hybridized carbons (Fsp3) is 0.308. The molecule has 19 heavy (non-hydrogen) atoms. The number of nitrogen functional groups attached to an aromatic ring is 1. The van der Waals surface area contributed by atoms with Crippen LogP contribution in [0.2, 0.25) is 10.0 Å². The van der Waals surface area contributed by atoms with E-state index in [0.717, 1.165) is 11.5 Å². The lowest BCUT2D eigenvalue weighted by Crippen LogP contribution is -2.08. The Morgan fingerprint density at radius 1 is 1.32 bits per heavy atom. The van der Waals surface area contributed by atoms with Gasteiger partial charge in [-0.15, -0.1) is 0 Å². The summed E-state index contributed by atoms with van der Waals surface area (Å²) in [4.78, 5) is 0. The molecule has 3 N–H and O–H groups in total. The maximum absolute atomic E-state index is 6.17. The van der Waals surface area contributed by atoms with E-state index >= 15 is 0 Å². The van der Waals surface area contributed by atoms with Gasteiger partial charge in [0.2, 0.25) is 0 Å². The van der Waals surface area contributed by atoms with E-state index in [1.165, 1.54) is 0 Å². The number of rotatable bonds is 3. The van der Waals surface area contributed by atoms with Crippen LogP contribution in [0, 0.1) is 6.92 Å². The van der Waals surface area contributed by atoms with Gasteiger partial charge in [-0.05, 0) is 32.9 Å². The van der Waals surface area contributed by atoms with Gasteiger partial charge in [-0.3, -0.25) is 0 Å². The minimum atomic E-state index is 0.191. The molecule has 102 valence electrons. The quantitative estimate of drug-likeness (QED) is 0.883. The van der Waals surface area contributed by atoms with Crippen molar-refractivity contribution in [1.82, 2.24) is 9.78 Å². The highest BCUT2D eigenvalue weighted by Gasteiger charge is 2.16. The first-order valence-corrected chi connectivity index (χ1v) is 6.73. The van der Waals surface area contributed by atoms with Crippen molar-refractivity contribution in [1.29, 1.82) is 0 Å². The molecule has 0 saturated heterocycles. The number of benzene rings is 1. The van der Waals surface area contributed by atoms with Crippen LogP contribution >= 0.6 is 23.2 Å². The van der Waals surface area contributed by atoms with Crippen LogP contribution in [0.1, 0.15) is 25.6 Å². The van der Waals surface area contributed by atoms with Crippen molar-refractivity contribution in [2.24, 2.45) is 0 Å². The Kier molecular flexibility index (Phi) is 3.92. The van der Waals surface area contributed by atoms with E-state index < -0.39 is 0 Å². The molecule has 1 heterocycles. The number of nitrogens with two attached hydrogens (primary N) is 1. The molecule has 0 fully saturated rings. The Morgan fingerprint density at radius 3 is 2.63 bits per heavy atom. The molecule has 2 aromatic rings. The second kappa shape index (κ2) is 5.31. The van der Waals surface area contributed by atoms with Gasteiger partial charge in [0.05, 0.1) is 27.1 Å². The number of hydrogen-bond donors (Lipinski definition) is 2. The van der Waals surface area contributed by atoms with Crippen LogP contribution in [-0.2, 0) is 0 Å². The van der Waals surface area contributed by atoms with Crippen molar-refractivity contribution in [2.45, 2.75) is 26.8 Å². The summed E-state index contributed by atoms with van der Waals surface area (Å²) in [5, 5.41) is 8.59. The van der Waals surface area contributed by atoms with Gasteiger partial charge in [-0.1, -0.05) is 29.3 Å². The average Bonchev–Trinajstić information content (AvgIpc) is 2.63. The van der Waals surface area contributed by atoms with E-state index in [2.05, 4.69) is 10.4 Å². The normalized spacial score (nSPS) is 11.1. The molecule has 1 aromatic carbocycles. The standard InChI is InChI=1S/C13H16Cl2N4/c1-7(2)19-13(12(16)8(3)18-19)17-10-6-4-5-9(14)11(10)15/h4-7,17H,16H2,1-3H3. The second-order valence-electron chi connectivity index (χ2n) is 4.61. The van der Waals surface area contributed by atoms with Gasteiger partial charge in [-0.25, -0.2) is 4.68 Å². The van der Waals surface area contributed by atoms with E-state index in [1.54, 1.807) is 6.07 Å². The number of halogens is 2. The zero-order valence-electron chi connectivity index (χ0n) is 11.0. The summed E-state index contributed by atoms with van der Waals surface area (Å²) in [6.45, 7) is 5.95. The Hall–Kier alpha value is -1.39. The third-order valence-corrected chi connectivity index (χ3v) is 3.64. The highest BCUT2D eigenvalue weighted by molar-refractivity contribution is 6.43. The summed E-state index contributed by atoms with van der Waals surface area (Å²) in [7, 11) is 0. The fourth-order valence-electron chi connectivity index (χ4n) is 1.79.